The Balaban J connectivity index is 1.93. The van der Waals surface area contributed by atoms with Gasteiger partial charge in [-0.3, -0.25) is 0 Å². The lowest BCUT2D eigenvalue weighted by atomic mass is 9.75. The van der Waals surface area contributed by atoms with Crippen LogP contribution in [0.5, 0.6) is 23.0 Å². The molecule has 0 spiro atoms. The van der Waals surface area contributed by atoms with Crippen LogP contribution in [0.2, 0.25) is 0 Å². The van der Waals surface area contributed by atoms with Crippen molar-refractivity contribution in [2.45, 2.75) is 25.6 Å². The minimum atomic E-state index is -1.30. The average Bonchev–Trinajstić information content (AvgIpc) is 3.01. The van der Waals surface area contributed by atoms with Crippen LogP contribution in [0.3, 0.4) is 0 Å². The van der Waals surface area contributed by atoms with Gasteiger partial charge in [0, 0.05) is 36.0 Å². The first kappa shape index (κ1) is 15.1. The van der Waals surface area contributed by atoms with E-state index in [1.54, 1.807) is 20.1 Å². The highest BCUT2D eigenvalue weighted by Gasteiger charge is 2.45. The van der Waals surface area contributed by atoms with E-state index in [0.717, 1.165) is 16.9 Å². The molecule has 0 bridgehead atoms. The number of aliphatic hydroxyl groups is 1. The van der Waals surface area contributed by atoms with E-state index in [4.69, 9.17) is 18.9 Å². The Kier molecular flexibility index (Phi) is 3.35. The molecular formula is C19H20O5. The molecular weight excluding hydrogens is 308 g/mol. The smallest absolute Gasteiger partial charge is 0.231 e. The second kappa shape index (κ2) is 5.31. The number of ether oxygens (including phenoxy) is 4. The van der Waals surface area contributed by atoms with Gasteiger partial charge >= 0.3 is 0 Å². The molecule has 3 atom stereocenters. The Labute approximate surface area is 140 Å². The first-order valence-electron chi connectivity index (χ1n) is 7.99. The lowest BCUT2D eigenvalue weighted by Gasteiger charge is -2.42. The first-order valence-corrected chi connectivity index (χ1v) is 7.99. The normalized spacial score (nSPS) is 27.3. The number of fused-ring (bicyclic) bond motifs is 2. The van der Waals surface area contributed by atoms with Crippen LogP contribution in [0, 0.1) is 5.92 Å². The average molecular weight is 328 g/mol. The highest BCUT2D eigenvalue weighted by molar-refractivity contribution is 5.57. The zero-order valence-corrected chi connectivity index (χ0v) is 13.9. The van der Waals surface area contributed by atoms with Crippen molar-refractivity contribution < 1.29 is 24.1 Å². The zero-order valence-electron chi connectivity index (χ0n) is 13.9. The van der Waals surface area contributed by atoms with E-state index < -0.39 is 5.79 Å². The van der Waals surface area contributed by atoms with E-state index in [-0.39, 0.29) is 18.6 Å². The molecule has 0 saturated carbocycles. The standard InChI is InChI=1S/C19H20O5/c1-11-18(12-6-4-5-7-14(12)21-3)13-8-16-17(23-10-22-16)9-15(13)24-19(11,2)20/h4-9,11,18,20H,10H2,1-3H3/t11-,18-,19+/m0/s1. The summed E-state index contributed by atoms with van der Waals surface area (Å²) in [6, 6.07) is 11.6. The van der Waals surface area contributed by atoms with E-state index in [9.17, 15) is 5.11 Å². The zero-order chi connectivity index (χ0) is 16.9. The molecule has 126 valence electrons. The van der Waals surface area contributed by atoms with Crippen LogP contribution in [-0.4, -0.2) is 24.8 Å². The molecule has 2 aromatic carbocycles. The second-order valence-electron chi connectivity index (χ2n) is 6.41. The lowest BCUT2D eigenvalue weighted by molar-refractivity contribution is -0.171. The third kappa shape index (κ3) is 2.19. The molecule has 4 rings (SSSR count). The Morgan fingerprint density at radius 3 is 2.54 bits per heavy atom. The van der Waals surface area contributed by atoms with E-state index in [2.05, 4.69) is 0 Å². The molecule has 0 amide bonds. The summed E-state index contributed by atoms with van der Waals surface area (Å²) in [5, 5.41) is 10.8. The summed E-state index contributed by atoms with van der Waals surface area (Å²) >= 11 is 0. The van der Waals surface area contributed by atoms with E-state index in [1.807, 2.05) is 37.3 Å². The molecule has 0 saturated heterocycles. The lowest BCUT2D eigenvalue weighted by Crippen LogP contribution is -2.45. The third-order valence-electron chi connectivity index (χ3n) is 4.98. The fraction of sp³-hybridized carbons (Fsp3) is 0.368. The molecule has 2 aromatic rings. The second-order valence-corrected chi connectivity index (χ2v) is 6.41. The van der Waals surface area contributed by atoms with Crippen molar-refractivity contribution in [2.75, 3.05) is 13.9 Å². The molecule has 0 aliphatic carbocycles. The maximum atomic E-state index is 10.8. The quantitative estimate of drug-likeness (QED) is 0.917. The maximum absolute atomic E-state index is 10.8. The molecule has 0 unspecified atom stereocenters. The van der Waals surface area contributed by atoms with Crippen molar-refractivity contribution in [3.63, 3.8) is 0 Å². The van der Waals surface area contributed by atoms with Crippen LogP contribution in [0.25, 0.3) is 0 Å². The number of para-hydroxylation sites is 1. The molecule has 0 radical (unpaired) electrons. The summed E-state index contributed by atoms with van der Waals surface area (Å²) in [6.07, 6.45) is 0. The van der Waals surface area contributed by atoms with Gasteiger partial charge in [0.1, 0.15) is 11.5 Å². The highest BCUT2D eigenvalue weighted by atomic mass is 16.7. The molecule has 24 heavy (non-hydrogen) atoms. The molecule has 2 aliphatic heterocycles. The number of benzene rings is 2. The molecule has 1 N–H and O–H groups in total. The minimum absolute atomic E-state index is 0.0885. The first-order chi connectivity index (χ1) is 11.5. The molecule has 2 heterocycles. The van der Waals surface area contributed by atoms with Gasteiger partial charge in [0.2, 0.25) is 12.6 Å². The van der Waals surface area contributed by atoms with Crippen LogP contribution in [0.4, 0.5) is 0 Å². The van der Waals surface area contributed by atoms with Gasteiger partial charge in [0.25, 0.3) is 0 Å². The summed E-state index contributed by atoms with van der Waals surface area (Å²) < 4.78 is 22.4. The predicted molar refractivity (Wildman–Crippen MR) is 87.8 cm³/mol. The van der Waals surface area contributed by atoms with Gasteiger partial charge in [-0.25, -0.2) is 0 Å². The molecule has 0 fully saturated rings. The third-order valence-corrected chi connectivity index (χ3v) is 4.98. The van der Waals surface area contributed by atoms with Crippen LogP contribution in [0.1, 0.15) is 30.9 Å². The fourth-order valence-corrected chi connectivity index (χ4v) is 3.52. The van der Waals surface area contributed by atoms with E-state index in [1.165, 1.54) is 0 Å². The monoisotopic (exact) mass is 328 g/mol. The number of hydrogen-bond acceptors (Lipinski definition) is 5. The van der Waals surface area contributed by atoms with Crippen LogP contribution < -0.4 is 18.9 Å². The van der Waals surface area contributed by atoms with Crippen molar-refractivity contribution in [3.05, 3.63) is 47.5 Å². The Bertz CT molecular complexity index is 783. The van der Waals surface area contributed by atoms with Gasteiger partial charge in [-0.15, -0.1) is 0 Å². The summed E-state index contributed by atoms with van der Waals surface area (Å²) in [6.45, 7) is 3.86. The van der Waals surface area contributed by atoms with Gasteiger partial charge in [0.15, 0.2) is 11.5 Å². The van der Waals surface area contributed by atoms with Crippen LogP contribution in [0.15, 0.2) is 36.4 Å². The number of hydrogen-bond donors (Lipinski definition) is 1. The van der Waals surface area contributed by atoms with Gasteiger partial charge < -0.3 is 24.1 Å². The van der Waals surface area contributed by atoms with E-state index >= 15 is 0 Å². The van der Waals surface area contributed by atoms with Crippen LogP contribution in [-0.2, 0) is 0 Å². The highest BCUT2D eigenvalue weighted by Crippen LogP contribution is 2.52. The summed E-state index contributed by atoms with van der Waals surface area (Å²) in [7, 11) is 1.65. The molecule has 5 heteroatoms. The number of rotatable bonds is 2. The SMILES string of the molecule is COc1ccccc1[C@H]1c2cc3c(cc2O[C@@](C)(O)[C@H]1C)OCO3. The van der Waals surface area contributed by atoms with Gasteiger partial charge in [-0.2, -0.15) is 0 Å². The minimum Gasteiger partial charge on any atom is -0.496 e. The summed E-state index contributed by atoms with van der Waals surface area (Å²) in [5.41, 5.74) is 1.97. The summed E-state index contributed by atoms with van der Waals surface area (Å²) in [5.74, 6) is 1.17. The van der Waals surface area contributed by atoms with Gasteiger partial charge in [-0.1, -0.05) is 25.1 Å². The van der Waals surface area contributed by atoms with Crippen molar-refractivity contribution >= 4 is 0 Å². The Morgan fingerprint density at radius 2 is 1.79 bits per heavy atom. The largest absolute Gasteiger partial charge is 0.496 e. The van der Waals surface area contributed by atoms with Crippen LogP contribution >= 0.6 is 0 Å². The Morgan fingerprint density at radius 1 is 1.08 bits per heavy atom. The maximum Gasteiger partial charge on any atom is 0.231 e. The molecule has 0 aromatic heterocycles. The van der Waals surface area contributed by atoms with Gasteiger partial charge in [0.05, 0.1) is 7.11 Å². The summed E-state index contributed by atoms with van der Waals surface area (Å²) in [4.78, 5) is 0. The predicted octanol–water partition coefficient (Wildman–Crippen LogP) is 3.29. The molecule has 5 nitrogen and oxygen atoms in total. The fourth-order valence-electron chi connectivity index (χ4n) is 3.52. The van der Waals surface area contributed by atoms with Gasteiger partial charge in [-0.05, 0) is 12.1 Å². The molecule has 2 aliphatic rings. The van der Waals surface area contributed by atoms with Crippen molar-refractivity contribution in [1.82, 2.24) is 0 Å². The van der Waals surface area contributed by atoms with Crippen molar-refractivity contribution in [3.8, 4) is 23.0 Å². The Hall–Kier alpha value is -2.40. The van der Waals surface area contributed by atoms with E-state index in [0.29, 0.717) is 17.2 Å². The van der Waals surface area contributed by atoms with Crippen molar-refractivity contribution in [1.29, 1.82) is 0 Å². The topological polar surface area (TPSA) is 57.2 Å². The number of methoxy groups -OCH3 is 1. The van der Waals surface area contributed by atoms with Crippen molar-refractivity contribution in [2.24, 2.45) is 5.92 Å².